The molecule has 0 spiro atoms. The van der Waals surface area contributed by atoms with Crippen LogP contribution in [0.1, 0.15) is 6.42 Å². The van der Waals surface area contributed by atoms with E-state index < -0.39 is 28.9 Å². The van der Waals surface area contributed by atoms with E-state index in [1.54, 1.807) is 0 Å². The number of hydrogen-bond acceptors (Lipinski definition) is 2. The fourth-order valence-corrected chi connectivity index (χ4v) is 2.16. The van der Waals surface area contributed by atoms with E-state index >= 15 is 0 Å². The molecule has 9 heteroatoms. The second-order valence-corrected chi connectivity index (χ2v) is 4.13. The summed E-state index contributed by atoms with van der Waals surface area (Å²) in [6.07, 6.45) is -11.5. The van der Waals surface area contributed by atoms with Gasteiger partial charge in [0.05, 0.1) is 0 Å². The SMILES string of the molecule is O=C1CCSC(C(F)(F)F)(C(F)(F)F)N1. The molecule has 0 radical (unpaired) electrons. The number of alkyl halides is 6. The van der Waals surface area contributed by atoms with Crippen molar-refractivity contribution < 1.29 is 31.1 Å². The van der Waals surface area contributed by atoms with Crippen molar-refractivity contribution in [3.63, 3.8) is 0 Å². The highest BCUT2D eigenvalue weighted by Crippen LogP contribution is 2.51. The molecule has 0 aromatic rings. The molecule has 0 bridgehead atoms. The van der Waals surface area contributed by atoms with Gasteiger partial charge in [-0.1, -0.05) is 0 Å². The van der Waals surface area contributed by atoms with Crippen LogP contribution in [0, 0.1) is 0 Å². The molecule has 1 aliphatic heterocycles. The maximum atomic E-state index is 12.3. The summed E-state index contributed by atoms with van der Waals surface area (Å²) in [5, 5.41) is 0.984. The van der Waals surface area contributed by atoms with Crippen molar-refractivity contribution in [3.05, 3.63) is 0 Å². The molecule has 1 fully saturated rings. The number of nitrogens with one attached hydrogen (secondary N) is 1. The molecule has 0 saturated carbocycles. The summed E-state index contributed by atoms with van der Waals surface area (Å²) in [5.74, 6) is -1.76. The van der Waals surface area contributed by atoms with Gasteiger partial charge in [0.25, 0.3) is 4.87 Å². The van der Waals surface area contributed by atoms with Crippen LogP contribution in [0.2, 0.25) is 0 Å². The Labute approximate surface area is 84.4 Å². The van der Waals surface area contributed by atoms with Crippen LogP contribution < -0.4 is 5.32 Å². The number of hydrogen-bond donors (Lipinski definition) is 1. The molecule has 1 N–H and O–H groups in total. The van der Waals surface area contributed by atoms with Gasteiger partial charge < -0.3 is 5.32 Å². The minimum atomic E-state index is -5.56. The summed E-state index contributed by atoms with van der Waals surface area (Å²) in [7, 11) is 0. The zero-order valence-corrected chi connectivity index (χ0v) is 7.81. The largest absolute Gasteiger partial charge is 0.430 e. The Kier molecular flexibility index (Phi) is 2.88. The number of thioether (sulfide) groups is 1. The summed E-state index contributed by atoms with van der Waals surface area (Å²) in [6.45, 7) is 0. The van der Waals surface area contributed by atoms with Crippen LogP contribution in [0.25, 0.3) is 0 Å². The Morgan fingerprint density at radius 2 is 1.60 bits per heavy atom. The third kappa shape index (κ3) is 2.01. The lowest BCUT2D eigenvalue weighted by Crippen LogP contribution is -2.67. The average molecular weight is 253 g/mol. The molecular formula is C6H5F6NOS. The first-order valence-corrected chi connectivity index (χ1v) is 4.67. The van der Waals surface area contributed by atoms with Gasteiger partial charge in [-0.3, -0.25) is 4.79 Å². The summed E-state index contributed by atoms with van der Waals surface area (Å²) >= 11 is -0.354. The summed E-state index contributed by atoms with van der Waals surface area (Å²) < 4.78 is 73.9. The first-order chi connectivity index (χ1) is 6.60. The van der Waals surface area contributed by atoms with E-state index in [2.05, 4.69) is 0 Å². The standard InChI is InChI=1S/C6H5F6NOS/c7-5(8,9)4(6(10,11)12)13-3(14)1-2-15-4/h1-2H2,(H,13,14). The Hall–Kier alpha value is -0.600. The van der Waals surface area contributed by atoms with Crippen molar-refractivity contribution in [3.8, 4) is 0 Å². The minimum absolute atomic E-state index is 0.349. The van der Waals surface area contributed by atoms with Gasteiger partial charge in [0, 0.05) is 12.2 Å². The van der Waals surface area contributed by atoms with Crippen LogP contribution in [-0.4, -0.2) is 28.9 Å². The number of carbonyl (C=O) groups excluding carboxylic acids is 1. The fraction of sp³-hybridized carbons (Fsp3) is 0.833. The third-order valence-corrected chi connectivity index (χ3v) is 3.17. The topological polar surface area (TPSA) is 29.1 Å². The van der Waals surface area contributed by atoms with Gasteiger partial charge in [-0.15, -0.1) is 11.8 Å². The maximum absolute atomic E-state index is 12.3. The van der Waals surface area contributed by atoms with E-state index in [1.807, 2.05) is 0 Å². The predicted octanol–water partition coefficient (Wildman–Crippen LogP) is 2.06. The Bertz CT molecular complexity index is 258. The summed E-state index contributed by atoms with van der Waals surface area (Å²) in [4.78, 5) is 6.49. The Morgan fingerprint density at radius 1 is 1.13 bits per heavy atom. The highest BCUT2D eigenvalue weighted by Gasteiger charge is 2.73. The molecule has 0 atom stereocenters. The van der Waals surface area contributed by atoms with E-state index in [0.717, 1.165) is 5.32 Å². The molecule has 1 rings (SSSR count). The van der Waals surface area contributed by atoms with Crippen LogP contribution in [-0.2, 0) is 4.79 Å². The van der Waals surface area contributed by atoms with Crippen LogP contribution >= 0.6 is 11.8 Å². The van der Waals surface area contributed by atoms with E-state index in [-0.39, 0.29) is 18.2 Å². The van der Waals surface area contributed by atoms with Crippen LogP contribution in [0.4, 0.5) is 26.3 Å². The van der Waals surface area contributed by atoms with Gasteiger partial charge in [-0.25, -0.2) is 0 Å². The van der Waals surface area contributed by atoms with E-state index in [9.17, 15) is 31.1 Å². The lowest BCUT2D eigenvalue weighted by Gasteiger charge is -2.39. The molecule has 2 nitrogen and oxygen atoms in total. The van der Waals surface area contributed by atoms with Crippen molar-refractivity contribution >= 4 is 17.7 Å². The number of rotatable bonds is 0. The van der Waals surface area contributed by atoms with E-state index in [0.29, 0.717) is 0 Å². The van der Waals surface area contributed by atoms with Crippen molar-refractivity contribution in [2.75, 3.05) is 5.75 Å². The monoisotopic (exact) mass is 253 g/mol. The predicted molar refractivity (Wildman–Crippen MR) is 40.1 cm³/mol. The van der Waals surface area contributed by atoms with Crippen LogP contribution in [0.3, 0.4) is 0 Å². The molecule has 1 aliphatic rings. The molecule has 1 amide bonds. The lowest BCUT2D eigenvalue weighted by molar-refractivity contribution is -0.272. The Morgan fingerprint density at radius 3 is 1.87 bits per heavy atom. The quantitative estimate of drug-likeness (QED) is 0.669. The molecule has 0 aliphatic carbocycles. The molecule has 15 heavy (non-hydrogen) atoms. The Balaban J connectivity index is 3.13. The van der Waals surface area contributed by atoms with Gasteiger partial charge in [0.2, 0.25) is 5.91 Å². The summed E-state index contributed by atoms with van der Waals surface area (Å²) in [5.41, 5.74) is 0. The zero-order chi connectivity index (χ0) is 11.9. The molecule has 1 saturated heterocycles. The number of halogens is 6. The fourth-order valence-electron chi connectivity index (χ4n) is 1.06. The third-order valence-electron chi connectivity index (χ3n) is 1.76. The summed E-state index contributed by atoms with van der Waals surface area (Å²) in [6, 6.07) is 0. The first-order valence-electron chi connectivity index (χ1n) is 3.68. The van der Waals surface area contributed by atoms with E-state index in [1.165, 1.54) is 0 Å². The second kappa shape index (κ2) is 3.46. The normalized spacial score (nSPS) is 22.4. The smallest absolute Gasteiger partial charge is 0.326 e. The van der Waals surface area contributed by atoms with Crippen molar-refractivity contribution in [2.24, 2.45) is 0 Å². The van der Waals surface area contributed by atoms with Crippen LogP contribution in [0.5, 0.6) is 0 Å². The first kappa shape index (κ1) is 12.5. The van der Waals surface area contributed by atoms with Gasteiger partial charge in [0.15, 0.2) is 0 Å². The van der Waals surface area contributed by atoms with E-state index in [4.69, 9.17) is 0 Å². The van der Waals surface area contributed by atoms with Gasteiger partial charge >= 0.3 is 12.4 Å². The highest BCUT2D eigenvalue weighted by molar-refractivity contribution is 8.00. The molecule has 0 aromatic carbocycles. The lowest BCUT2D eigenvalue weighted by atomic mass is 10.2. The number of amides is 1. The van der Waals surface area contributed by atoms with Crippen molar-refractivity contribution in [1.82, 2.24) is 5.32 Å². The van der Waals surface area contributed by atoms with Crippen molar-refractivity contribution in [2.45, 2.75) is 23.6 Å². The second-order valence-electron chi connectivity index (χ2n) is 2.82. The number of carbonyl (C=O) groups is 1. The van der Waals surface area contributed by atoms with Crippen LogP contribution in [0.15, 0.2) is 0 Å². The molecule has 0 unspecified atom stereocenters. The maximum Gasteiger partial charge on any atom is 0.430 e. The average Bonchev–Trinajstić information content (AvgIpc) is 1.99. The highest BCUT2D eigenvalue weighted by atomic mass is 32.2. The van der Waals surface area contributed by atoms with Gasteiger partial charge in [0.1, 0.15) is 0 Å². The van der Waals surface area contributed by atoms with Gasteiger partial charge in [-0.05, 0) is 0 Å². The minimum Gasteiger partial charge on any atom is -0.326 e. The molecule has 88 valence electrons. The molecule has 0 aromatic heterocycles. The zero-order valence-electron chi connectivity index (χ0n) is 7.00. The molecule has 1 heterocycles. The van der Waals surface area contributed by atoms with Crippen molar-refractivity contribution in [1.29, 1.82) is 0 Å². The molecular weight excluding hydrogens is 248 g/mol. The van der Waals surface area contributed by atoms with Gasteiger partial charge in [-0.2, -0.15) is 26.3 Å².